The van der Waals surface area contributed by atoms with Gasteiger partial charge in [-0.05, 0) is 73.1 Å². The number of anilines is 3. The number of likely N-dealkylation sites (tertiary alicyclic amines) is 1. The number of nitrogens with one attached hydrogen (secondary N) is 4. The van der Waals surface area contributed by atoms with Crippen molar-refractivity contribution in [3.05, 3.63) is 89.8 Å². The second-order valence-electron chi connectivity index (χ2n) is 23.2. The first-order chi connectivity index (χ1) is 46.8. The number of aromatic nitrogens is 6. The molecule has 0 unspecified atom stereocenters. The number of benzene rings is 3. The fourth-order valence-corrected chi connectivity index (χ4v) is 11.5. The van der Waals surface area contributed by atoms with Crippen LogP contribution in [0.1, 0.15) is 77.4 Å². The van der Waals surface area contributed by atoms with Crippen LogP contribution in [0.4, 0.5) is 39.7 Å². The van der Waals surface area contributed by atoms with Crippen LogP contribution in [0.15, 0.2) is 67.0 Å². The smallest absolute Gasteiger partial charge is 0.435 e. The molecule has 9 rings (SSSR count). The van der Waals surface area contributed by atoms with Crippen LogP contribution in [0.5, 0.6) is 0 Å². The Balaban J connectivity index is 0.584. The van der Waals surface area contributed by atoms with E-state index in [1.54, 1.807) is 11.1 Å². The van der Waals surface area contributed by atoms with Crippen molar-refractivity contribution in [2.24, 2.45) is 5.73 Å². The number of methoxy groups -OCH3 is 1. The van der Waals surface area contributed by atoms with Crippen LogP contribution in [-0.4, -0.2) is 237 Å². The molecule has 7 amide bonds. The summed E-state index contributed by atoms with van der Waals surface area (Å²) in [6.07, 6.45) is 0.826. The lowest BCUT2D eigenvalue weighted by Crippen LogP contribution is -2.49. The van der Waals surface area contributed by atoms with Gasteiger partial charge in [0.05, 0.1) is 116 Å². The van der Waals surface area contributed by atoms with E-state index in [2.05, 4.69) is 46.1 Å². The van der Waals surface area contributed by atoms with Crippen molar-refractivity contribution in [3.8, 4) is 11.1 Å². The molecule has 0 bridgehead atoms. The highest BCUT2D eigenvalue weighted by Crippen LogP contribution is 2.41. The zero-order chi connectivity index (χ0) is 69.0. The number of urea groups is 1. The number of nitrogens with zero attached hydrogens (tertiary/aromatic N) is 10. The van der Waals surface area contributed by atoms with E-state index in [4.69, 9.17) is 34.4 Å². The molecule has 33 heteroatoms. The third-order valence-electron chi connectivity index (χ3n) is 16.6. The van der Waals surface area contributed by atoms with E-state index >= 15 is 4.39 Å². The number of piperidine rings is 2. The van der Waals surface area contributed by atoms with Crippen LogP contribution < -0.4 is 31.9 Å². The van der Waals surface area contributed by atoms with Gasteiger partial charge in [0.2, 0.25) is 29.5 Å². The summed E-state index contributed by atoms with van der Waals surface area (Å²) < 4.78 is 93.3. The molecule has 0 aliphatic carbocycles. The van der Waals surface area contributed by atoms with Gasteiger partial charge in [0, 0.05) is 87.7 Å². The van der Waals surface area contributed by atoms with Crippen molar-refractivity contribution in [1.82, 2.24) is 60.2 Å². The van der Waals surface area contributed by atoms with Gasteiger partial charge in [-0.25, -0.2) is 23.8 Å². The van der Waals surface area contributed by atoms with E-state index in [0.29, 0.717) is 78.2 Å². The Labute approximate surface area is 554 Å². The van der Waals surface area contributed by atoms with Crippen molar-refractivity contribution < 1.29 is 84.3 Å². The Morgan fingerprint density at radius 2 is 1.38 bits per heavy atom. The summed E-state index contributed by atoms with van der Waals surface area (Å²) in [5.41, 5.74) is 5.46. The highest BCUT2D eigenvalue weighted by molar-refractivity contribution is 6.01. The van der Waals surface area contributed by atoms with Crippen molar-refractivity contribution in [2.75, 3.05) is 149 Å². The first-order valence-corrected chi connectivity index (χ1v) is 31.9. The molecule has 0 spiro atoms. The van der Waals surface area contributed by atoms with Gasteiger partial charge in [0.15, 0.2) is 17.2 Å². The standard InChI is InChI=1S/C64H79F4N15O14/c1-78-21-22-81(63(78)91)45-5-4-18-80(39-45)51-36-73-59(61(69)90)62(76-51)75-44-10-8-41(9-11-44)42-14-19-79(20-15-42)55(87)16-23-93-25-27-95-29-31-97-32-30-96-28-26-94-24-17-70-52(84)12-13-56(88)83-50-34-47(48(65)33-43(50)35-74-83)46-6-3-7-49-58(46)60(64(66,67)68)77-82(49)40-54(86)71-37-53(85)72-38-57(89)92-2/h3,6-11,33-36,42,45H,4-5,12-32,37-40H2,1-2H3,(H2,69,90)(H,70,84)(H,71,86)(H,72,85)(H,75,76)/t45-/m1/s1. The first kappa shape index (κ1) is 71.8. The number of fused-ring (bicyclic) bond motifs is 2. The summed E-state index contributed by atoms with van der Waals surface area (Å²) in [6.45, 7) is 5.25. The molecule has 6 N–H and O–H groups in total. The van der Waals surface area contributed by atoms with Crippen LogP contribution in [0.25, 0.3) is 32.9 Å². The summed E-state index contributed by atoms with van der Waals surface area (Å²) >= 11 is 0. The Bertz CT molecular complexity index is 3750. The maximum atomic E-state index is 15.8. The summed E-state index contributed by atoms with van der Waals surface area (Å²) in [5, 5.41) is 17.7. The second kappa shape index (κ2) is 34.5. The maximum absolute atomic E-state index is 15.8. The molecular weight excluding hydrogens is 1280 g/mol. The lowest BCUT2D eigenvalue weighted by Gasteiger charge is -2.37. The number of hydrogen-bond acceptors (Lipinski definition) is 20. The van der Waals surface area contributed by atoms with Crippen molar-refractivity contribution >= 4 is 86.6 Å². The quantitative estimate of drug-likeness (QED) is 0.0216. The van der Waals surface area contributed by atoms with Crippen LogP contribution in [0.2, 0.25) is 0 Å². The third-order valence-corrected chi connectivity index (χ3v) is 16.6. The normalized spacial score (nSPS) is 15.3. The Morgan fingerprint density at radius 3 is 2.04 bits per heavy atom. The van der Waals surface area contributed by atoms with Gasteiger partial charge in [0.25, 0.3) is 5.91 Å². The first-order valence-electron chi connectivity index (χ1n) is 31.9. The fourth-order valence-electron chi connectivity index (χ4n) is 11.5. The molecule has 6 heterocycles. The Kier molecular flexibility index (Phi) is 25.5. The van der Waals surface area contributed by atoms with Crippen LogP contribution in [-0.2, 0) is 65.1 Å². The fraction of sp³-hybridized carbons (Fsp3) is 0.500. The van der Waals surface area contributed by atoms with Crippen molar-refractivity contribution in [3.63, 3.8) is 0 Å². The molecule has 0 saturated carbocycles. The number of ether oxygens (including phenoxy) is 6. The molecule has 3 aliphatic heterocycles. The van der Waals surface area contributed by atoms with Gasteiger partial charge < -0.3 is 75.0 Å². The number of amides is 7. The molecule has 3 aromatic heterocycles. The topological polar surface area (TPSA) is 340 Å². The number of likely N-dealkylation sites (N-methyl/N-ethyl adjacent to an activating group) is 1. The van der Waals surface area contributed by atoms with Gasteiger partial charge in [-0.3, -0.25) is 38.2 Å². The number of halogens is 4. The predicted octanol–water partition coefficient (Wildman–Crippen LogP) is 4.00. The number of nitrogens with two attached hydrogens (primary N) is 1. The third kappa shape index (κ3) is 19.6. The van der Waals surface area contributed by atoms with Crippen LogP contribution in [0.3, 0.4) is 0 Å². The average molecular weight is 1360 g/mol. The summed E-state index contributed by atoms with van der Waals surface area (Å²) in [6, 6.07) is 14.1. The van der Waals surface area contributed by atoms with Gasteiger partial charge in [-0.2, -0.15) is 23.4 Å². The van der Waals surface area contributed by atoms with Crippen LogP contribution in [0, 0.1) is 5.82 Å². The van der Waals surface area contributed by atoms with E-state index in [1.165, 1.54) is 30.5 Å². The lowest BCUT2D eigenvalue weighted by molar-refractivity contribution is -0.141. The molecule has 3 saturated heterocycles. The van der Waals surface area contributed by atoms with Gasteiger partial charge >= 0.3 is 18.2 Å². The highest BCUT2D eigenvalue weighted by atomic mass is 19.4. The molecule has 29 nitrogen and oxygen atoms in total. The SMILES string of the molecule is COC(=O)CNC(=O)CNC(=O)Cn1nc(C(F)(F)F)c2c(-c3cc4c(cnn4C(=O)CCC(=O)NCCOCCOCCOCCOCCOCCC(=O)N4CCC(c5ccc(Nc6nc(N7CCC[C@@H](N8CCN(C)C8=O)C7)cnc6C(N)=O)cc5)CC4)cc3F)cccc21. The highest BCUT2D eigenvalue weighted by Gasteiger charge is 2.39. The minimum Gasteiger partial charge on any atom is -0.468 e. The Morgan fingerprint density at radius 1 is 0.701 bits per heavy atom. The van der Waals surface area contributed by atoms with Gasteiger partial charge in [0.1, 0.15) is 24.7 Å². The van der Waals surface area contributed by atoms with E-state index in [1.807, 2.05) is 41.1 Å². The number of hydrogen-bond donors (Lipinski definition) is 5. The molecule has 97 heavy (non-hydrogen) atoms. The Hall–Kier alpha value is -9.44. The molecule has 3 aliphatic rings. The summed E-state index contributed by atoms with van der Waals surface area (Å²) in [7, 11) is 2.92. The number of carbonyl (C=O) groups is 8. The largest absolute Gasteiger partial charge is 0.468 e. The van der Waals surface area contributed by atoms with Gasteiger partial charge in [-0.15, -0.1) is 0 Å². The minimum atomic E-state index is -5.07. The number of esters is 1. The lowest BCUT2D eigenvalue weighted by atomic mass is 9.89. The molecule has 6 aromatic rings. The molecular formula is C64H79F4N15O14. The predicted molar refractivity (Wildman–Crippen MR) is 342 cm³/mol. The molecule has 0 radical (unpaired) electrons. The number of alkyl halides is 3. The number of primary amides is 1. The average Bonchev–Trinajstić information content (AvgIpc) is 1.62. The number of rotatable bonds is 34. The van der Waals surface area contributed by atoms with Crippen molar-refractivity contribution in [1.29, 1.82) is 0 Å². The number of carbonyl (C=O) groups excluding carboxylic acids is 8. The maximum Gasteiger partial charge on any atom is 0.435 e. The van der Waals surface area contributed by atoms with E-state index < -0.39 is 78.2 Å². The van der Waals surface area contributed by atoms with Crippen LogP contribution >= 0.6 is 0 Å². The second-order valence-corrected chi connectivity index (χ2v) is 23.2. The summed E-state index contributed by atoms with van der Waals surface area (Å²) in [4.78, 5) is 117. The molecule has 1 atom stereocenters. The zero-order valence-corrected chi connectivity index (χ0v) is 53.9. The molecule has 522 valence electrons. The van der Waals surface area contributed by atoms with E-state index in [0.717, 1.165) is 66.0 Å². The van der Waals surface area contributed by atoms with Crippen molar-refractivity contribution in [2.45, 2.75) is 69.6 Å². The summed E-state index contributed by atoms with van der Waals surface area (Å²) in [5.74, 6) is -3.98. The van der Waals surface area contributed by atoms with E-state index in [9.17, 15) is 51.5 Å². The van der Waals surface area contributed by atoms with Gasteiger partial charge in [-0.1, -0.05) is 24.3 Å². The molecule has 3 aromatic carbocycles. The zero-order valence-electron chi connectivity index (χ0n) is 53.9. The van der Waals surface area contributed by atoms with E-state index in [-0.39, 0.29) is 115 Å². The monoisotopic (exact) mass is 1360 g/mol. The minimum absolute atomic E-state index is 0.0305. The molecule has 3 fully saturated rings.